The van der Waals surface area contributed by atoms with Gasteiger partial charge in [-0.3, -0.25) is 9.69 Å². The van der Waals surface area contributed by atoms with Crippen molar-refractivity contribution >= 4 is 5.91 Å². The number of methoxy groups -OCH3 is 1. The molecule has 138 valence electrons. The van der Waals surface area contributed by atoms with E-state index in [1.807, 2.05) is 4.90 Å². The van der Waals surface area contributed by atoms with E-state index in [2.05, 4.69) is 36.9 Å². The third kappa shape index (κ3) is 4.62. The lowest BCUT2D eigenvalue weighted by molar-refractivity contribution is -0.139. The van der Waals surface area contributed by atoms with Crippen LogP contribution in [0.2, 0.25) is 0 Å². The van der Waals surface area contributed by atoms with Gasteiger partial charge in [0.05, 0.1) is 6.61 Å². The van der Waals surface area contributed by atoms with Crippen LogP contribution in [0.5, 0.6) is 0 Å². The fourth-order valence-corrected chi connectivity index (χ4v) is 4.52. The number of carbonyl (C=O) groups excluding carboxylic acids is 1. The Morgan fingerprint density at radius 1 is 1.08 bits per heavy atom. The summed E-state index contributed by atoms with van der Waals surface area (Å²) in [4.78, 5) is 16.8. The summed E-state index contributed by atoms with van der Waals surface area (Å²) in [7, 11) is 1.70. The normalized spacial score (nSPS) is 21.1. The molecule has 4 heteroatoms. The van der Waals surface area contributed by atoms with Crippen molar-refractivity contribution in [3.63, 3.8) is 0 Å². The first-order chi connectivity index (χ1) is 12.0. The summed E-state index contributed by atoms with van der Waals surface area (Å²) in [6, 6.07) is 6.86. The first-order valence-corrected chi connectivity index (χ1v) is 9.56. The van der Waals surface area contributed by atoms with Crippen LogP contribution in [0.15, 0.2) is 18.2 Å². The summed E-state index contributed by atoms with van der Waals surface area (Å²) in [5, 5.41) is 0. The quantitative estimate of drug-likeness (QED) is 0.822. The van der Waals surface area contributed by atoms with E-state index in [1.54, 1.807) is 7.11 Å². The zero-order chi connectivity index (χ0) is 17.9. The summed E-state index contributed by atoms with van der Waals surface area (Å²) in [5.41, 5.74) is 4.46. The molecule has 0 N–H and O–H groups in total. The number of amides is 1. The number of hydrogen-bond acceptors (Lipinski definition) is 3. The molecule has 2 fully saturated rings. The molecule has 2 aliphatic heterocycles. The van der Waals surface area contributed by atoms with Crippen molar-refractivity contribution in [3.05, 3.63) is 34.9 Å². The number of aryl methyl sites for hydroxylation is 2. The Morgan fingerprint density at radius 2 is 1.76 bits per heavy atom. The lowest BCUT2D eigenvalue weighted by atomic mass is 9.72. The minimum absolute atomic E-state index is 0.306. The molecule has 1 spiro atoms. The van der Waals surface area contributed by atoms with Crippen molar-refractivity contribution in [1.82, 2.24) is 9.80 Å². The van der Waals surface area contributed by atoms with Crippen molar-refractivity contribution in [3.8, 4) is 0 Å². The Labute approximate surface area is 152 Å². The molecular formula is C21H32N2O2. The molecule has 1 aromatic rings. The third-order valence-electron chi connectivity index (χ3n) is 5.92. The lowest BCUT2D eigenvalue weighted by Gasteiger charge is -2.47. The Morgan fingerprint density at radius 3 is 2.40 bits per heavy atom. The Bertz CT molecular complexity index is 586. The van der Waals surface area contributed by atoms with Crippen LogP contribution in [0.4, 0.5) is 0 Å². The summed E-state index contributed by atoms with van der Waals surface area (Å²) in [6.45, 7) is 9.98. The van der Waals surface area contributed by atoms with Crippen LogP contribution < -0.4 is 0 Å². The van der Waals surface area contributed by atoms with Crippen LogP contribution in [-0.4, -0.2) is 55.6 Å². The Balaban J connectivity index is 1.56. The maximum absolute atomic E-state index is 12.2. The van der Waals surface area contributed by atoms with Gasteiger partial charge < -0.3 is 9.64 Å². The fourth-order valence-electron chi connectivity index (χ4n) is 4.52. The highest BCUT2D eigenvalue weighted by Crippen LogP contribution is 2.40. The first-order valence-electron chi connectivity index (χ1n) is 9.56. The van der Waals surface area contributed by atoms with Gasteiger partial charge in [-0.15, -0.1) is 0 Å². The predicted molar refractivity (Wildman–Crippen MR) is 101 cm³/mol. The number of carbonyl (C=O) groups is 1. The topological polar surface area (TPSA) is 32.8 Å². The van der Waals surface area contributed by atoms with E-state index in [-0.39, 0.29) is 0 Å². The van der Waals surface area contributed by atoms with Crippen molar-refractivity contribution in [2.75, 3.05) is 39.9 Å². The summed E-state index contributed by atoms with van der Waals surface area (Å²) >= 11 is 0. The summed E-state index contributed by atoms with van der Waals surface area (Å²) in [5.74, 6) is 0.306. The van der Waals surface area contributed by atoms with Gasteiger partial charge in [0.2, 0.25) is 5.91 Å². The van der Waals surface area contributed by atoms with Gasteiger partial charge in [-0.05, 0) is 57.2 Å². The molecule has 2 heterocycles. The molecule has 0 atom stereocenters. The lowest BCUT2D eigenvalue weighted by Crippen LogP contribution is -2.52. The smallest absolute Gasteiger partial charge is 0.222 e. The number of nitrogens with zero attached hydrogens (tertiary/aromatic N) is 2. The Kier molecular flexibility index (Phi) is 5.80. The highest BCUT2D eigenvalue weighted by molar-refractivity contribution is 5.77. The van der Waals surface area contributed by atoms with Crippen molar-refractivity contribution < 1.29 is 9.53 Å². The SMILES string of the molecule is COCCN1CC2(CCC1=O)CCN(Cc1cc(C)cc(C)c1)CC2. The fraction of sp³-hybridized carbons (Fsp3) is 0.667. The van der Waals surface area contributed by atoms with E-state index >= 15 is 0 Å². The van der Waals surface area contributed by atoms with E-state index in [0.717, 1.165) is 39.1 Å². The van der Waals surface area contributed by atoms with Crippen molar-refractivity contribution in [2.45, 2.75) is 46.1 Å². The molecule has 2 aliphatic rings. The second kappa shape index (κ2) is 7.88. The van der Waals surface area contributed by atoms with Crippen LogP contribution in [-0.2, 0) is 16.1 Å². The Hall–Kier alpha value is -1.39. The minimum atomic E-state index is 0.306. The second-order valence-corrected chi connectivity index (χ2v) is 8.08. The summed E-state index contributed by atoms with van der Waals surface area (Å²) < 4.78 is 5.17. The minimum Gasteiger partial charge on any atom is -0.383 e. The molecule has 2 saturated heterocycles. The standard InChI is InChI=1S/C21H32N2O2/c1-17-12-18(2)14-19(13-17)15-22-8-6-21(7-9-22)5-4-20(24)23(16-21)10-11-25-3/h12-14H,4-11,15-16H2,1-3H3. The largest absolute Gasteiger partial charge is 0.383 e. The molecule has 0 bridgehead atoms. The highest BCUT2D eigenvalue weighted by atomic mass is 16.5. The molecular weight excluding hydrogens is 312 g/mol. The second-order valence-electron chi connectivity index (χ2n) is 8.08. The van der Waals surface area contributed by atoms with Crippen LogP contribution in [0.25, 0.3) is 0 Å². The first kappa shape index (κ1) is 18.4. The van der Waals surface area contributed by atoms with Crippen molar-refractivity contribution in [1.29, 1.82) is 0 Å². The van der Waals surface area contributed by atoms with Gasteiger partial charge in [-0.25, -0.2) is 0 Å². The van der Waals surface area contributed by atoms with Crippen LogP contribution in [0, 0.1) is 19.3 Å². The molecule has 0 radical (unpaired) electrons. The van der Waals surface area contributed by atoms with Gasteiger partial charge in [0.25, 0.3) is 0 Å². The molecule has 1 amide bonds. The van der Waals surface area contributed by atoms with Gasteiger partial charge in [-0.2, -0.15) is 0 Å². The predicted octanol–water partition coefficient (Wildman–Crippen LogP) is 3.15. The van der Waals surface area contributed by atoms with Crippen LogP contribution in [0.1, 0.15) is 42.4 Å². The number of piperidine rings is 2. The highest BCUT2D eigenvalue weighted by Gasteiger charge is 2.40. The number of rotatable bonds is 5. The number of benzene rings is 1. The van der Waals surface area contributed by atoms with Gasteiger partial charge in [-0.1, -0.05) is 29.3 Å². The maximum atomic E-state index is 12.2. The van der Waals surface area contributed by atoms with Gasteiger partial charge in [0, 0.05) is 33.2 Å². The number of ether oxygens (including phenoxy) is 1. The number of hydrogen-bond donors (Lipinski definition) is 0. The van der Waals surface area contributed by atoms with Gasteiger partial charge >= 0.3 is 0 Å². The molecule has 25 heavy (non-hydrogen) atoms. The average molecular weight is 344 g/mol. The maximum Gasteiger partial charge on any atom is 0.222 e. The third-order valence-corrected chi connectivity index (χ3v) is 5.92. The zero-order valence-corrected chi connectivity index (χ0v) is 16.0. The molecule has 4 nitrogen and oxygen atoms in total. The number of likely N-dealkylation sites (tertiary alicyclic amines) is 2. The molecule has 0 aromatic heterocycles. The van der Waals surface area contributed by atoms with Gasteiger partial charge in [0.15, 0.2) is 0 Å². The van der Waals surface area contributed by atoms with E-state index in [9.17, 15) is 4.79 Å². The van der Waals surface area contributed by atoms with E-state index in [0.29, 0.717) is 24.3 Å². The van der Waals surface area contributed by atoms with E-state index in [1.165, 1.54) is 29.5 Å². The van der Waals surface area contributed by atoms with Crippen LogP contribution >= 0.6 is 0 Å². The molecule has 0 unspecified atom stereocenters. The summed E-state index contributed by atoms with van der Waals surface area (Å²) in [6.07, 6.45) is 4.18. The van der Waals surface area contributed by atoms with Crippen LogP contribution in [0.3, 0.4) is 0 Å². The molecule has 1 aromatic carbocycles. The molecule has 0 aliphatic carbocycles. The molecule has 3 rings (SSSR count). The monoisotopic (exact) mass is 344 g/mol. The molecule has 0 saturated carbocycles. The van der Waals surface area contributed by atoms with Crippen molar-refractivity contribution in [2.24, 2.45) is 5.41 Å². The average Bonchev–Trinajstić information content (AvgIpc) is 2.57. The zero-order valence-electron chi connectivity index (χ0n) is 16.0. The van der Waals surface area contributed by atoms with Gasteiger partial charge in [0.1, 0.15) is 0 Å². The van der Waals surface area contributed by atoms with E-state index in [4.69, 9.17) is 4.74 Å². The van der Waals surface area contributed by atoms with E-state index < -0.39 is 0 Å².